The Hall–Kier alpha value is -2.06. The van der Waals surface area contributed by atoms with Crippen LogP contribution in [0.2, 0.25) is 0 Å². The molecule has 3 rings (SSSR count). The standard InChI is InChI=1S/C14H15N3O2/c15-6-14(8-19-9-14)7-16-11-2-3-12-10(5-11)1-4-13(18)17-12/h2-3,5,16H,1,4,7-9H2,(H,17,18). The van der Waals surface area contributed by atoms with E-state index in [0.717, 1.165) is 23.4 Å². The lowest BCUT2D eigenvalue weighted by molar-refractivity contribution is -0.116. The summed E-state index contributed by atoms with van der Waals surface area (Å²) in [6.07, 6.45) is 1.30. The molecule has 19 heavy (non-hydrogen) atoms. The first-order chi connectivity index (χ1) is 9.21. The largest absolute Gasteiger partial charge is 0.383 e. The van der Waals surface area contributed by atoms with Crippen molar-refractivity contribution in [2.45, 2.75) is 12.8 Å². The lowest BCUT2D eigenvalue weighted by Crippen LogP contribution is -2.46. The Bertz CT molecular complexity index is 558. The summed E-state index contributed by atoms with van der Waals surface area (Å²) >= 11 is 0. The summed E-state index contributed by atoms with van der Waals surface area (Å²) in [6.45, 7) is 1.59. The molecule has 0 aliphatic carbocycles. The van der Waals surface area contributed by atoms with Gasteiger partial charge in [0.15, 0.2) is 0 Å². The van der Waals surface area contributed by atoms with Gasteiger partial charge in [-0.1, -0.05) is 0 Å². The van der Waals surface area contributed by atoms with Crippen LogP contribution in [-0.4, -0.2) is 25.7 Å². The van der Waals surface area contributed by atoms with Gasteiger partial charge in [0.05, 0.1) is 19.3 Å². The molecule has 0 bridgehead atoms. The van der Waals surface area contributed by atoms with Crippen LogP contribution in [0.4, 0.5) is 11.4 Å². The van der Waals surface area contributed by atoms with E-state index < -0.39 is 0 Å². The van der Waals surface area contributed by atoms with E-state index in [-0.39, 0.29) is 11.3 Å². The second kappa shape index (κ2) is 4.56. The van der Waals surface area contributed by atoms with Crippen LogP contribution < -0.4 is 10.6 Å². The zero-order valence-corrected chi connectivity index (χ0v) is 10.5. The number of fused-ring (bicyclic) bond motifs is 1. The van der Waals surface area contributed by atoms with E-state index in [0.29, 0.717) is 26.2 Å². The Labute approximate surface area is 111 Å². The Morgan fingerprint density at radius 2 is 2.26 bits per heavy atom. The molecule has 1 fully saturated rings. The SMILES string of the molecule is N#CC1(CNc2ccc3c(c2)CCC(=O)N3)COC1. The first-order valence-electron chi connectivity index (χ1n) is 6.36. The summed E-state index contributed by atoms with van der Waals surface area (Å²) in [6, 6.07) is 8.18. The van der Waals surface area contributed by atoms with Crippen molar-refractivity contribution in [3.63, 3.8) is 0 Å². The molecule has 0 atom stereocenters. The first kappa shape index (κ1) is 12.0. The minimum absolute atomic E-state index is 0.0725. The molecule has 0 aromatic heterocycles. The highest BCUT2D eigenvalue weighted by molar-refractivity contribution is 5.94. The van der Waals surface area contributed by atoms with E-state index in [1.54, 1.807) is 0 Å². The molecule has 2 heterocycles. The van der Waals surface area contributed by atoms with Crippen LogP contribution in [0.1, 0.15) is 12.0 Å². The van der Waals surface area contributed by atoms with Crippen molar-refractivity contribution in [1.29, 1.82) is 5.26 Å². The number of hydrogen-bond donors (Lipinski definition) is 2. The van der Waals surface area contributed by atoms with Crippen LogP contribution >= 0.6 is 0 Å². The summed E-state index contributed by atoms with van der Waals surface area (Å²) in [5.41, 5.74) is 2.63. The van der Waals surface area contributed by atoms with Crippen molar-refractivity contribution in [3.8, 4) is 6.07 Å². The normalized spacial score (nSPS) is 19.6. The van der Waals surface area contributed by atoms with Crippen molar-refractivity contribution in [2.75, 3.05) is 30.4 Å². The number of nitrogens with one attached hydrogen (secondary N) is 2. The number of carbonyl (C=O) groups excluding carboxylic acids is 1. The van der Waals surface area contributed by atoms with Gasteiger partial charge in [-0.3, -0.25) is 4.79 Å². The monoisotopic (exact) mass is 257 g/mol. The molecular weight excluding hydrogens is 242 g/mol. The summed E-state index contributed by atoms with van der Waals surface area (Å²) < 4.78 is 5.11. The lowest BCUT2D eigenvalue weighted by atomic mass is 9.88. The number of nitriles is 1. The van der Waals surface area contributed by atoms with Gasteiger partial charge in [-0.2, -0.15) is 5.26 Å². The van der Waals surface area contributed by atoms with Crippen LogP contribution in [0.25, 0.3) is 0 Å². The Balaban J connectivity index is 1.69. The van der Waals surface area contributed by atoms with Gasteiger partial charge >= 0.3 is 0 Å². The maximum absolute atomic E-state index is 11.3. The van der Waals surface area contributed by atoms with Crippen LogP contribution in [-0.2, 0) is 16.0 Å². The van der Waals surface area contributed by atoms with Crippen LogP contribution in [0.3, 0.4) is 0 Å². The maximum atomic E-state index is 11.3. The molecule has 0 spiro atoms. The van der Waals surface area contributed by atoms with E-state index in [4.69, 9.17) is 10.00 Å². The van der Waals surface area contributed by atoms with E-state index >= 15 is 0 Å². The number of rotatable bonds is 3. The average molecular weight is 257 g/mol. The molecule has 0 radical (unpaired) electrons. The van der Waals surface area contributed by atoms with Gasteiger partial charge < -0.3 is 15.4 Å². The van der Waals surface area contributed by atoms with E-state index in [2.05, 4.69) is 16.7 Å². The number of anilines is 2. The Morgan fingerprint density at radius 1 is 1.42 bits per heavy atom. The summed E-state index contributed by atoms with van der Waals surface area (Å²) in [4.78, 5) is 11.3. The van der Waals surface area contributed by atoms with E-state index in [1.807, 2.05) is 18.2 Å². The fourth-order valence-electron chi connectivity index (χ4n) is 2.32. The molecule has 2 aliphatic heterocycles. The molecule has 5 heteroatoms. The molecule has 2 N–H and O–H groups in total. The molecule has 0 saturated carbocycles. The molecule has 1 aromatic rings. The summed E-state index contributed by atoms with van der Waals surface area (Å²) in [7, 11) is 0. The number of ether oxygens (including phenoxy) is 1. The van der Waals surface area contributed by atoms with Crippen molar-refractivity contribution in [3.05, 3.63) is 23.8 Å². The van der Waals surface area contributed by atoms with Gasteiger partial charge in [-0.25, -0.2) is 0 Å². The molecule has 5 nitrogen and oxygen atoms in total. The van der Waals surface area contributed by atoms with Crippen LogP contribution in [0.5, 0.6) is 0 Å². The van der Waals surface area contributed by atoms with Crippen molar-refractivity contribution in [2.24, 2.45) is 5.41 Å². The highest BCUT2D eigenvalue weighted by Crippen LogP contribution is 2.29. The molecule has 2 aliphatic rings. The summed E-state index contributed by atoms with van der Waals surface area (Å²) in [5, 5.41) is 15.3. The fourth-order valence-corrected chi connectivity index (χ4v) is 2.32. The van der Waals surface area contributed by atoms with Crippen molar-refractivity contribution in [1.82, 2.24) is 0 Å². The summed E-state index contributed by atoms with van der Waals surface area (Å²) in [5.74, 6) is 0.0725. The zero-order valence-electron chi connectivity index (χ0n) is 10.5. The van der Waals surface area contributed by atoms with Crippen LogP contribution in [0.15, 0.2) is 18.2 Å². The second-order valence-electron chi connectivity index (χ2n) is 5.16. The molecule has 1 saturated heterocycles. The topological polar surface area (TPSA) is 74.2 Å². The van der Waals surface area contributed by atoms with E-state index in [9.17, 15) is 4.79 Å². The van der Waals surface area contributed by atoms with Gasteiger partial charge in [-0.05, 0) is 30.2 Å². The number of hydrogen-bond acceptors (Lipinski definition) is 4. The number of carbonyl (C=O) groups is 1. The minimum Gasteiger partial charge on any atom is -0.383 e. The third kappa shape index (κ3) is 2.27. The highest BCUT2D eigenvalue weighted by atomic mass is 16.5. The Kier molecular flexibility index (Phi) is 2.88. The van der Waals surface area contributed by atoms with Gasteiger partial charge in [0.1, 0.15) is 5.41 Å². The molecule has 1 aromatic carbocycles. The fraction of sp³-hybridized carbons (Fsp3) is 0.429. The number of benzene rings is 1. The van der Waals surface area contributed by atoms with Crippen molar-refractivity contribution >= 4 is 17.3 Å². The van der Waals surface area contributed by atoms with Gasteiger partial charge in [0.2, 0.25) is 5.91 Å². The first-order valence-corrected chi connectivity index (χ1v) is 6.36. The quantitative estimate of drug-likeness (QED) is 0.861. The second-order valence-corrected chi connectivity index (χ2v) is 5.16. The molecular formula is C14H15N3O2. The average Bonchev–Trinajstić information content (AvgIpc) is 2.38. The van der Waals surface area contributed by atoms with Crippen LogP contribution in [0, 0.1) is 16.7 Å². The molecule has 1 amide bonds. The zero-order chi connectivity index (χ0) is 13.3. The maximum Gasteiger partial charge on any atom is 0.224 e. The number of aryl methyl sites for hydroxylation is 1. The smallest absolute Gasteiger partial charge is 0.224 e. The third-order valence-electron chi connectivity index (χ3n) is 3.63. The number of amides is 1. The van der Waals surface area contributed by atoms with E-state index in [1.165, 1.54) is 0 Å². The number of nitrogens with zero attached hydrogens (tertiary/aromatic N) is 1. The van der Waals surface area contributed by atoms with Gasteiger partial charge in [0, 0.05) is 24.3 Å². The van der Waals surface area contributed by atoms with Crippen molar-refractivity contribution < 1.29 is 9.53 Å². The van der Waals surface area contributed by atoms with Gasteiger partial charge in [0.25, 0.3) is 0 Å². The minimum atomic E-state index is -0.385. The lowest BCUT2D eigenvalue weighted by Gasteiger charge is -2.35. The van der Waals surface area contributed by atoms with Gasteiger partial charge in [-0.15, -0.1) is 0 Å². The predicted octanol–water partition coefficient (Wildman–Crippen LogP) is 1.52. The highest BCUT2D eigenvalue weighted by Gasteiger charge is 2.38. The molecule has 0 unspecified atom stereocenters. The predicted molar refractivity (Wildman–Crippen MR) is 70.7 cm³/mol. The third-order valence-corrected chi connectivity index (χ3v) is 3.63. The Morgan fingerprint density at radius 3 is 2.95 bits per heavy atom. The molecule has 98 valence electrons.